The van der Waals surface area contributed by atoms with Crippen LogP contribution in [0.2, 0.25) is 10.0 Å². The largest absolute Gasteiger partial charge is 0.330 e. The van der Waals surface area contributed by atoms with Crippen molar-refractivity contribution in [2.24, 2.45) is 5.73 Å². The van der Waals surface area contributed by atoms with Crippen molar-refractivity contribution in [2.75, 3.05) is 20.1 Å². The maximum absolute atomic E-state index is 12.3. The molecule has 7 nitrogen and oxygen atoms in total. The molecule has 1 rings (SSSR count). The first-order valence-corrected chi connectivity index (χ1v) is 7.72. The standard InChI is InChI=1S/C10H13Cl2N3O4S/c1-14(6-2-5-13)20(18,19)8-4-3-7(11)10(9(8)12)15(16)17/h3-4H,2,5-6,13H2,1H3. The fraction of sp³-hybridized carbons (Fsp3) is 0.400. The van der Waals surface area contributed by atoms with Gasteiger partial charge in [-0.15, -0.1) is 0 Å². The lowest BCUT2D eigenvalue weighted by molar-refractivity contribution is -0.384. The minimum atomic E-state index is -3.93. The van der Waals surface area contributed by atoms with Gasteiger partial charge in [-0.05, 0) is 25.1 Å². The molecule has 0 aliphatic heterocycles. The smallest absolute Gasteiger partial charge is 0.307 e. The summed E-state index contributed by atoms with van der Waals surface area (Å²) in [5.41, 5.74) is 4.69. The van der Waals surface area contributed by atoms with Crippen molar-refractivity contribution in [3.8, 4) is 0 Å². The zero-order valence-corrected chi connectivity index (χ0v) is 12.9. The average Bonchev–Trinajstić information content (AvgIpc) is 2.34. The lowest BCUT2D eigenvalue weighted by Gasteiger charge is -2.17. The molecule has 20 heavy (non-hydrogen) atoms. The lowest BCUT2D eigenvalue weighted by Crippen LogP contribution is -2.29. The molecule has 0 atom stereocenters. The van der Waals surface area contributed by atoms with E-state index in [0.29, 0.717) is 13.0 Å². The second-order valence-corrected chi connectivity index (χ2v) is 6.73. The maximum atomic E-state index is 12.3. The Morgan fingerprint density at radius 3 is 2.50 bits per heavy atom. The quantitative estimate of drug-likeness (QED) is 0.627. The summed E-state index contributed by atoms with van der Waals surface area (Å²) < 4.78 is 25.6. The van der Waals surface area contributed by atoms with Gasteiger partial charge in [0.25, 0.3) is 0 Å². The van der Waals surface area contributed by atoms with E-state index in [1.165, 1.54) is 7.05 Å². The van der Waals surface area contributed by atoms with Crippen LogP contribution in [0.1, 0.15) is 6.42 Å². The maximum Gasteiger partial charge on any atom is 0.307 e. The van der Waals surface area contributed by atoms with Crippen molar-refractivity contribution in [2.45, 2.75) is 11.3 Å². The number of nitrogens with two attached hydrogens (primary N) is 1. The van der Waals surface area contributed by atoms with Crippen LogP contribution in [0.5, 0.6) is 0 Å². The van der Waals surface area contributed by atoms with Crippen LogP contribution in [0.25, 0.3) is 0 Å². The molecule has 0 aromatic heterocycles. The highest BCUT2D eigenvalue weighted by molar-refractivity contribution is 7.89. The molecule has 0 aliphatic carbocycles. The van der Waals surface area contributed by atoms with Crippen molar-refractivity contribution in [1.82, 2.24) is 4.31 Å². The molecular weight excluding hydrogens is 329 g/mol. The van der Waals surface area contributed by atoms with E-state index < -0.39 is 25.7 Å². The van der Waals surface area contributed by atoms with Crippen molar-refractivity contribution in [3.63, 3.8) is 0 Å². The van der Waals surface area contributed by atoms with Crippen molar-refractivity contribution in [3.05, 3.63) is 32.3 Å². The summed E-state index contributed by atoms with van der Waals surface area (Å²) in [5, 5.41) is 10.2. The molecule has 2 N–H and O–H groups in total. The van der Waals surface area contributed by atoms with Crippen LogP contribution in [-0.4, -0.2) is 37.8 Å². The van der Waals surface area contributed by atoms with Crippen molar-refractivity contribution < 1.29 is 13.3 Å². The van der Waals surface area contributed by atoms with E-state index in [1.54, 1.807) is 0 Å². The number of halogens is 2. The molecule has 10 heteroatoms. The van der Waals surface area contributed by atoms with Gasteiger partial charge < -0.3 is 5.73 Å². The van der Waals surface area contributed by atoms with Gasteiger partial charge in [0, 0.05) is 13.6 Å². The van der Waals surface area contributed by atoms with Crippen LogP contribution in [0, 0.1) is 10.1 Å². The Hall–Kier alpha value is -0.930. The molecule has 1 aromatic carbocycles. The van der Waals surface area contributed by atoms with Crippen LogP contribution < -0.4 is 5.73 Å². The molecule has 0 radical (unpaired) electrons. The molecule has 0 unspecified atom stereocenters. The van der Waals surface area contributed by atoms with E-state index in [0.717, 1.165) is 16.4 Å². The van der Waals surface area contributed by atoms with Crippen LogP contribution >= 0.6 is 23.2 Å². The molecule has 0 spiro atoms. The average molecular weight is 342 g/mol. The van der Waals surface area contributed by atoms with Crippen LogP contribution in [0.15, 0.2) is 17.0 Å². The second-order valence-electron chi connectivity index (χ2n) is 3.93. The lowest BCUT2D eigenvalue weighted by atomic mass is 10.3. The second kappa shape index (κ2) is 6.68. The minimum Gasteiger partial charge on any atom is -0.330 e. The van der Waals surface area contributed by atoms with Gasteiger partial charge in [-0.3, -0.25) is 10.1 Å². The SMILES string of the molecule is CN(CCCN)S(=O)(=O)c1ccc(Cl)c([N+](=O)[O-])c1Cl. The predicted molar refractivity (Wildman–Crippen MR) is 76.6 cm³/mol. The van der Waals surface area contributed by atoms with Gasteiger partial charge in [0.1, 0.15) is 14.9 Å². The molecule has 0 fully saturated rings. The number of nitrogens with zero attached hydrogens (tertiary/aromatic N) is 2. The summed E-state index contributed by atoms with van der Waals surface area (Å²) in [7, 11) is -2.58. The number of hydrogen-bond donors (Lipinski definition) is 1. The molecule has 0 heterocycles. The summed E-state index contributed by atoms with van der Waals surface area (Å²) in [4.78, 5) is 9.71. The monoisotopic (exact) mass is 341 g/mol. The molecule has 0 amide bonds. The number of sulfonamides is 1. The van der Waals surface area contributed by atoms with Crippen LogP contribution in [0.3, 0.4) is 0 Å². The van der Waals surface area contributed by atoms with E-state index in [1.807, 2.05) is 0 Å². The third-order valence-corrected chi connectivity index (χ3v) is 5.28. The third kappa shape index (κ3) is 3.39. The summed E-state index contributed by atoms with van der Waals surface area (Å²) >= 11 is 11.5. The summed E-state index contributed by atoms with van der Waals surface area (Å²) in [6.45, 7) is 0.514. The van der Waals surface area contributed by atoms with E-state index in [-0.39, 0.29) is 16.5 Å². The van der Waals surface area contributed by atoms with Crippen molar-refractivity contribution in [1.29, 1.82) is 0 Å². The topological polar surface area (TPSA) is 107 Å². The first kappa shape index (κ1) is 17.1. The molecule has 0 saturated carbocycles. The zero-order chi connectivity index (χ0) is 15.5. The molecule has 0 aliphatic rings. The highest BCUT2D eigenvalue weighted by Gasteiger charge is 2.30. The van der Waals surface area contributed by atoms with Crippen molar-refractivity contribution >= 4 is 38.9 Å². The van der Waals surface area contributed by atoms with Gasteiger partial charge in [0.05, 0.1) is 4.92 Å². The Morgan fingerprint density at radius 1 is 1.40 bits per heavy atom. The highest BCUT2D eigenvalue weighted by atomic mass is 35.5. The first-order valence-electron chi connectivity index (χ1n) is 5.52. The van der Waals surface area contributed by atoms with E-state index in [4.69, 9.17) is 28.9 Å². The van der Waals surface area contributed by atoms with E-state index >= 15 is 0 Å². The van der Waals surface area contributed by atoms with Gasteiger partial charge in [-0.1, -0.05) is 23.2 Å². The molecule has 112 valence electrons. The van der Waals surface area contributed by atoms with E-state index in [9.17, 15) is 18.5 Å². The number of nitro groups is 1. The Labute approximate surface area is 126 Å². The molecule has 0 bridgehead atoms. The highest BCUT2D eigenvalue weighted by Crippen LogP contribution is 2.37. The van der Waals surface area contributed by atoms with Gasteiger partial charge >= 0.3 is 5.69 Å². The molecule has 0 saturated heterocycles. The Morgan fingerprint density at radius 2 is 2.00 bits per heavy atom. The van der Waals surface area contributed by atoms with Crippen LogP contribution in [0.4, 0.5) is 5.69 Å². The van der Waals surface area contributed by atoms with Gasteiger partial charge in [0.15, 0.2) is 0 Å². The summed E-state index contributed by atoms with van der Waals surface area (Å²) in [6, 6.07) is 2.28. The molecule has 1 aromatic rings. The number of benzene rings is 1. The Balaban J connectivity index is 3.33. The third-order valence-electron chi connectivity index (χ3n) is 2.58. The Kier molecular flexibility index (Phi) is 5.72. The first-order chi connectivity index (χ1) is 9.23. The van der Waals surface area contributed by atoms with E-state index in [2.05, 4.69) is 0 Å². The van der Waals surface area contributed by atoms with Gasteiger partial charge in [-0.25, -0.2) is 12.7 Å². The Bertz CT molecular complexity index is 621. The molecular formula is C10H13Cl2N3O4S. The van der Waals surface area contributed by atoms with Gasteiger partial charge in [0.2, 0.25) is 10.0 Å². The fourth-order valence-electron chi connectivity index (χ4n) is 1.49. The number of nitro benzene ring substituents is 1. The van der Waals surface area contributed by atoms with Crippen LogP contribution in [-0.2, 0) is 10.0 Å². The minimum absolute atomic E-state index is 0.186. The normalized spacial score (nSPS) is 11.8. The number of rotatable bonds is 6. The number of hydrogen-bond acceptors (Lipinski definition) is 5. The predicted octanol–water partition coefficient (Wildman–Crippen LogP) is 1.87. The summed E-state index contributed by atoms with van der Waals surface area (Å²) in [6.07, 6.45) is 0.461. The van der Waals surface area contributed by atoms with Gasteiger partial charge in [-0.2, -0.15) is 0 Å². The summed E-state index contributed by atoms with van der Waals surface area (Å²) in [5.74, 6) is 0. The fourth-order valence-corrected chi connectivity index (χ4v) is 3.56. The zero-order valence-electron chi connectivity index (χ0n) is 10.5.